The van der Waals surface area contributed by atoms with Crippen molar-refractivity contribution in [3.8, 4) is 22.9 Å². The molecule has 0 unspecified atom stereocenters. The lowest BCUT2D eigenvalue weighted by molar-refractivity contribution is 0.275. The van der Waals surface area contributed by atoms with Gasteiger partial charge < -0.3 is 14.2 Å². The maximum Gasteiger partial charge on any atom is 0.292 e. The molecular formula is C22H23ClN4O4. The quantitative estimate of drug-likeness (QED) is 0.396. The van der Waals surface area contributed by atoms with E-state index >= 15 is 0 Å². The number of anilines is 1. The normalized spacial score (nSPS) is 10.8. The zero-order valence-electron chi connectivity index (χ0n) is 17.5. The molecule has 0 amide bonds. The van der Waals surface area contributed by atoms with Crippen LogP contribution in [0.1, 0.15) is 18.9 Å². The highest BCUT2D eigenvalue weighted by Gasteiger charge is 2.14. The third-order valence-electron chi connectivity index (χ3n) is 4.25. The zero-order chi connectivity index (χ0) is 22.2. The fourth-order valence-corrected chi connectivity index (χ4v) is 2.93. The van der Waals surface area contributed by atoms with E-state index in [0.29, 0.717) is 35.1 Å². The molecular weight excluding hydrogens is 420 g/mol. The summed E-state index contributed by atoms with van der Waals surface area (Å²) in [6.07, 6.45) is 3.85. The largest absolute Gasteiger partial charge is 0.493 e. The number of hydrogen-bond donors (Lipinski definition) is 1. The van der Waals surface area contributed by atoms with E-state index in [0.717, 1.165) is 6.42 Å². The minimum Gasteiger partial charge on any atom is -0.493 e. The predicted octanol–water partition coefficient (Wildman–Crippen LogP) is 4.14. The molecule has 31 heavy (non-hydrogen) atoms. The molecule has 8 nitrogen and oxygen atoms in total. The van der Waals surface area contributed by atoms with Crippen LogP contribution in [0.25, 0.3) is 5.69 Å². The summed E-state index contributed by atoms with van der Waals surface area (Å²) < 4.78 is 17.8. The van der Waals surface area contributed by atoms with E-state index in [1.165, 1.54) is 10.9 Å². The number of hydrogen-bond acceptors (Lipinski definition) is 7. The smallest absolute Gasteiger partial charge is 0.292 e. The Morgan fingerprint density at radius 1 is 1.16 bits per heavy atom. The lowest BCUT2D eigenvalue weighted by Crippen LogP contribution is -2.22. The molecule has 3 aromatic rings. The first-order valence-corrected chi connectivity index (χ1v) is 9.98. The van der Waals surface area contributed by atoms with E-state index in [2.05, 4.69) is 15.6 Å². The molecule has 1 N–H and O–H groups in total. The molecule has 0 saturated carbocycles. The molecule has 162 valence electrons. The van der Waals surface area contributed by atoms with Crippen molar-refractivity contribution in [1.29, 1.82) is 0 Å². The number of methoxy groups -OCH3 is 2. The standard InChI is InChI=1S/C22H23ClN4O4/c1-4-10-31-21-18(29-2)11-15(12-19(21)30-3)13-24-26-17-14-25-27(22(28)20(17)23)16-8-6-5-7-9-16/h5-9,11-14,26H,4,10H2,1-3H3/b24-13-. The number of para-hydroxylation sites is 1. The van der Waals surface area contributed by atoms with Crippen LogP contribution in [0.3, 0.4) is 0 Å². The van der Waals surface area contributed by atoms with Gasteiger partial charge in [0.25, 0.3) is 5.56 Å². The van der Waals surface area contributed by atoms with Gasteiger partial charge in [0.15, 0.2) is 11.5 Å². The Hall–Kier alpha value is -3.52. The number of nitrogens with one attached hydrogen (secondary N) is 1. The van der Waals surface area contributed by atoms with E-state index < -0.39 is 5.56 Å². The highest BCUT2D eigenvalue weighted by atomic mass is 35.5. The van der Waals surface area contributed by atoms with Crippen LogP contribution in [0.5, 0.6) is 17.2 Å². The van der Waals surface area contributed by atoms with Crippen molar-refractivity contribution in [1.82, 2.24) is 9.78 Å². The Labute approximate surface area is 185 Å². The topological polar surface area (TPSA) is 87.0 Å². The molecule has 1 heterocycles. The first-order valence-electron chi connectivity index (χ1n) is 9.60. The SMILES string of the molecule is CCCOc1c(OC)cc(/C=N\Nc2cnn(-c3ccccc3)c(=O)c2Cl)cc1OC. The molecule has 0 radical (unpaired) electrons. The van der Waals surface area contributed by atoms with Gasteiger partial charge in [0, 0.05) is 5.56 Å². The minimum atomic E-state index is -0.450. The number of halogens is 1. The fourth-order valence-electron chi connectivity index (χ4n) is 2.76. The average Bonchev–Trinajstić information content (AvgIpc) is 2.80. The van der Waals surface area contributed by atoms with Gasteiger partial charge in [-0.1, -0.05) is 36.7 Å². The number of benzene rings is 2. The molecule has 1 aromatic heterocycles. The molecule has 0 fully saturated rings. The summed E-state index contributed by atoms with van der Waals surface area (Å²) in [5.74, 6) is 1.59. The number of nitrogens with zero attached hydrogens (tertiary/aromatic N) is 3. The van der Waals surface area contributed by atoms with Gasteiger partial charge in [0.2, 0.25) is 5.75 Å². The van der Waals surface area contributed by atoms with Gasteiger partial charge in [0.1, 0.15) is 10.7 Å². The van der Waals surface area contributed by atoms with Crippen molar-refractivity contribution in [2.75, 3.05) is 26.3 Å². The second-order valence-electron chi connectivity index (χ2n) is 6.40. The number of hydrazone groups is 1. The molecule has 0 bridgehead atoms. The molecule has 0 aliphatic carbocycles. The van der Waals surface area contributed by atoms with Gasteiger partial charge in [-0.15, -0.1) is 0 Å². The van der Waals surface area contributed by atoms with Crippen LogP contribution in [-0.4, -0.2) is 36.8 Å². The van der Waals surface area contributed by atoms with E-state index in [1.807, 2.05) is 25.1 Å². The molecule has 9 heteroatoms. The van der Waals surface area contributed by atoms with Crippen LogP contribution in [0, 0.1) is 0 Å². The second-order valence-corrected chi connectivity index (χ2v) is 6.78. The Bertz CT molecular complexity index is 1090. The average molecular weight is 443 g/mol. The van der Waals surface area contributed by atoms with Crippen molar-refractivity contribution in [2.24, 2.45) is 5.10 Å². The van der Waals surface area contributed by atoms with Crippen molar-refractivity contribution in [3.63, 3.8) is 0 Å². The lowest BCUT2D eigenvalue weighted by atomic mass is 10.2. The van der Waals surface area contributed by atoms with Crippen LogP contribution >= 0.6 is 11.6 Å². The van der Waals surface area contributed by atoms with Gasteiger partial charge in [0.05, 0.1) is 38.9 Å². The Morgan fingerprint density at radius 3 is 2.45 bits per heavy atom. The van der Waals surface area contributed by atoms with Gasteiger partial charge in [-0.3, -0.25) is 10.2 Å². The van der Waals surface area contributed by atoms with Crippen molar-refractivity contribution in [2.45, 2.75) is 13.3 Å². The third kappa shape index (κ3) is 5.16. The Kier molecular flexibility index (Phi) is 7.50. The van der Waals surface area contributed by atoms with E-state index in [-0.39, 0.29) is 10.7 Å². The number of aromatic nitrogens is 2. The Morgan fingerprint density at radius 2 is 1.84 bits per heavy atom. The minimum absolute atomic E-state index is 0.0190. The highest BCUT2D eigenvalue weighted by molar-refractivity contribution is 6.32. The molecule has 0 aliphatic heterocycles. The maximum atomic E-state index is 12.5. The lowest BCUT2D eigenvalue weighted by Gasteiger charge is -2.14. The van der Waals surface area contributed by atoms with Crippen LogP contribution in [0.15, 0.2) is 58.6 Å². The van der Waals surface area contributed by atoms with E-state index in [4.69, 9.17) is 25.8 Å². The molecule has 0 saturated heterocycles. The van der Waals surface area contributed by atoms with Gasteiger partial charge in [-0.05, 0) is 30.7 Å². The van der Waals surface area contributed by atoms with Crippen molar-refractivity contribution < 1.29 is 14.2 Å². The van der Waals surface area contributed by atoms with Crippen LogP contribution < -0.4 is 25.2 Å². The van der Waals surface area contributed by atoms with Crippen LogP contribution in [-0.2, 0) is 0 Å². The monoisotopic (exact) mass is 442 g/mol. The summed E-state index contributed by atoms with van der Waals surface area (Å²) >= 11 is 6.23. The molecule has 0 aliphatic rings. The molecule has 0 spiro atoms. The second kappa shape index (κ2) is 10.5. The van der Waals surface area contributed by atoms with E-state index in [9.17, 15) is 4.79 Å². The molecule has 2 aromatic carbocycles. The number of rotatable bonds is 9. The van der Waals surface area contributed by atoms with Crippen molar-refractivity contribution >= 4 is 23.5 Å². The Balaban J connectivity index is 1.82. The highest BCUT2D eigenvalue weighted by Crippen LogP contribution is 2.38. The summed E-state index contributed by atoms with van der Waals surface area (Å²) in [6.45, 7) is 2.56. The van der Waals surface area contributed by atoms with Gasteiger partial charge in [-0.2, -0.15) is 14.9 Å². The third-order valence-corrected chi connectivity index (χ3v) is 4.62. The van der Waals surface area contributed by atoms with Crippen molar-refractivity contribution in [3.05, 3.63) is 69.6 Å². The summed E-state index contributed by atoms with van der Waals surface area (Å²) in [7, 11) is 3.11. The van der Waals surface area contributed by atoms with Crippen LogP contribution in [0.4, 0.5) is 5.69 Å². The molecule has 3 rings (SSSR count). The molecule has 0 atom stereocenters. The predicted molar refractivity (Wildman–Crippen MR) is 121 cm³/mol. The van der Waals surface area contributed by atoms with Gasteiger partial charge >= 0.3 is 0 Å². The maximum absolute atomic E-state index is 12.5. The van der Waals surface area contributed by atoms with E-state index in [1.54, 1.807) is 44.7 Å². The summed E-state index contributed by atoms with van der Waals surface area (Å²) in [6, 6.07) is 12.6. The van der Waals surface area contributed by atoms with Crippen LogP contribution in [0.2, 0.25) is 5.02 Å². The summed E-state index contributed by atoms with van der Waals surface area (Å²) in [4.78, 5) is 12.5. The summed E-state index contributed by atoms with van der Waals surface area (Å²) in [5, 5.41) is 8.30. The first-order chi connectivity index (χ1) is 15.1. The van der Waals surface area contributed by atoms with Gasteiger partial charge in [-0.25, -0.2) is 0 Å². The first kappa shape index (κ1) is 22.2. The fraction of sp³-hybridized carbons (Fsp3) is 0.227. The zero-order valence-corrected chi connectivity index (χ0v) is 18.2. The summed E-state index contributed by atoms with van der Waals surface area (Å²) in [5.41, 5.74) is 3.91. The number of ether oxygens (including phenoxy) is 3.